The van der Waals surface area contributed by atoms with Crippen molar-refractivity contribution in [1.29, 1.82) is 0 Å². The van der Waals surface area contributed by atoms with Gasteiger partial charge in [0.25, 0.3) is 0 Å². The molecule has 1 aliphatic heterocycles. The summed E-state index contributed by atoms with van der Waals surface area (Å²) in [4.78, 5) is 13.9. The number of hydrogen-bond acceptors (Lipinski definition) is 3. The topological polar surface area (TPSA) is 66.6 Å². The van der Waals surface area contributed by atoms with Crippen molar-refractivity contribution < 1.29 is 9.90 Å². The standard InChI is InChI=1S/C11H20N2O2/c1-11(12,9-2-3-9)10(15)13-5-4-8(6-13)7-14/h8-9,14H,2-7,12H2,1H3. The van der Waals surface area contributed by atoms with E-state index in [4.69, 9.17) is 10.8 Å². The first-order valence-electron chi connectivity index (χ1n) is 5.75. The Morgan fingerprint density at radius 1 is 1.53 bits per heavy atom. The van der Waals surface area contributed by atoms with Crippen LogP contribution in [-0.2, 0) is 4.79 Å². The van der Waals surface area contributed by atoms with Crippen LogP contribution in [0, 0.1) is 11.8 Å². The Morgan fingerprint density at radius 3 is 2.67 bits per heavy atom. The van der Waals surface area contributed by atoms with Gasteiger partial charge in [-0.25, -0.2) is 0 Å². The van der Waals surface area contributed by atoms with Crippen LogP contribution in [0.1, 0.15) is 26.2 Å². The molecule has 4 nitrogen and oxygen atoms in total. The van der Waals surface area contributed by atoms with E-state index in [2.05, 4.69) is 0 Å². The van der Waals surface area contributed by atoms with Crippen LogP contribution in [0.5, 0.6) is 0 Å². The molecule has 1 saturated heterocycles. The minimum Gasteiger partial charge on any atom is -0.396 e. The fourth-order valence-electron chi connectivity index (χ4n) is 2.36. The van der Waals surface area contributed by atoms with Crippen molar-refractivity contribution in [2.45, 2.75) is 31.7 Å². The van der Waals surface area contributed by atoms with Crippen molar-refractivity contribution >= 4 is 5.91 Å². The average molecular weight is 212 g/mol. The fraction of sp³-hybridized carbons (Fsp3) is 0.909. The number of aliphatic hydroxyl groups is 1. The summed E-state index contributed by atoms with van der Waals surface area (Å²) in [7, 11) is 0. The van der Waals surface area contributed by atoms with Gasteiger partial charge in [-0.15, -0.1) is 0 Å². The highest BCUT2D eigenvalue weighted by atomic mass is 16.3. The van der Waals surface area contributed by atoms with Gasteiger partial charge >= 0.3 is 0 Å². The van der Waals surface area contributed by atoms with Gasteiger partial charge < -0.3 is 15.7 Å². The van der Waals surface area contributed by atoms with E-state index >= 15 is 0 Å². The van der Waals surface area contributed by atoms with Crippen LogP contribution in [0.25, 0.3) is 0 Å². The molecule has 0 aromatic carbocycles. The molecule has 1 saturated carbocycles. The molecule has 0 aromatic rings. The molecule has 3 N–H and O–H groups in total. The van der Waals surface area contributed by atoms with E-state index < -0.39 is 5.54 Å². The predicted molar refractivity (Wildman–Crippen MR) is 57.1 cm³/mol. The first-order valence-corrected chi connectivity index (χ1v) is 5.75. The Morgan fingerprint density at radius 2 is 2.20 bits per heavy atom. The lowest BCUT2D eigenvalue weighted by molar-refractivity contribution is -0.136. The molecule has 86 valence electrons. The molecule has 1 heterocycles. The third-order valence-electron chi connectivity index (χ3n) is 3.72. The van der Waals surface area contributed by atoms with E-state index in [9.17, 15) is 4.79 Å². The molecule has 2 atom stereocenters. The summed E-state index contributed by atoms with van der Waals surface area (Å²) in [5.41, 5.74) is 5.40. The summed E-state index contributed by atoms with van der Waals surface area (Å²) in [5.74, 6) is 0.697. The second-order valence-electron chi connectivity index (χ2n) is 5.15. The maximum atomic E-state index is 12.1. The van der Waals surface area contributed by atoms with Crippen LogP contribution >= 0.6 is 0 Å². The molecule has 2 rings (SSSR count). The number of nitrogens with zero attached hydrogens (tertiary/aromatic N) is 1. The maximum Gasteiger partial charge on any atom is 0.242 e. The van der Waals surface area contributed by atoms with Crippen LogP contribution < -0.4 is 5.73 Å². The Hall–Kier alpha value is -0.610. The van der Waals surface area contributed by atoms with Gasteiger partial charge in [0, 0.05) is 25.6 Å². The van der Waals surface area contributed by atoms with Crippen LogP contribution in [0.4, 0.5) is 0 Å². The summed E-state index contributed by atoms with van der Waals surface area (Å²) in [6, 6.07) is 0. The summed E-state index contributed by atoms with van der Waals surface area (Å²) in [5, 5.41) is 9.02. The van der Waals surface area contributed by atoms with Crippen LogP contribution in [-0.4, -0.2) is 41.1 Å². The SMILES string of the molecule is CC(N)(C(=O)N1CCC(CO)C1)C1CC1. The Kier molecular flexibility index (Phi) is 2.73. The quantitative estimate of drug-likeness (QED) is 0.689. The lowest BCUT2D eigenvalue weighted by Crippen LogP contribution is -2.54. The number of rotatable bonds is 3. The molecule has 1 aliphatic carbocycles. The van der Waals surface area contributed by atoms with Crippen molar-refractivity contribution in [3.8, 4) is 0 Å². The van der Waals surface area contributed by atoms with E-state index in [0.717, 1.165) is 25.8 Å². The maximum absolute atomic E-state index is 12.1. The summed E-state index contributed by atoms with van der Waals surface area (Å²) >= 11 is 0. The fourth-order valence-corrected chi connectivity index (χ4v) is 2.36. The van der Waals surface area contributed by atoms with Crippen LogP contribution in [0.15, 0.2) is 0 Å². The monoisotopic (exact) mass is 212 g/mol. The van der Waals surface area contributed by atoms with Gasteiger partial charge in [-0.1, -0.05) is 0 Å². The van der Waals surface area contributed by atoms with Crippen LogP contribution in [0.3, 0.4) is 0 Å². The van der Waals surface area contributed by atoms with Crippen molar-refractivity contribution in [2.75, 3.05) is 19.7 Å². The van der Waals surface area contributed by atoms with Crippen molar-refractivity contribution in [3.05, 3.63) is 0 Å². The second kappa shape index (κ2) is 3.76. The number of aliphatic hydroxyl groups excluding tert-OH is 1. The van der Waals surface area contributed by atoms with Gasteiger partial charge in [0.15, 0.2) is 0 Å². The van der Waals surface area contributed by atoms with Gasteiger partial charge in [-0.3, -0.25) is 4.79 Å². The summed E-state index contributed by atoms with van der Waals surface area (Å²) in [6.45, 7) is 3.45. The highest BCUT2D eigenvalue weighted by Gasteiger charge is 2.46. The zero-order valence-corrected chi connectivity index (χ0v) is 9.28. The van der Waals surface area contributed by atoms with Crippen molar-refractivity contribution in [1.82, 2.24) is 4.90 Å². The Labute approximate surface area is 90.4 Å². The molecule has 0 spiro atoms. The second-order valence-corrected chi connectivity index (χ2v) is 5.15. The van der Waals surface area contributed by atoms with E-state index in [-0.39, 0.29) is 18.4 Å². The number of carbonyl (C=O) groups is 1. The lowest BCUT2D eigenvalue weighted by Gasteiger charge is -2.29. The van der Waals surface area contributed by atoms with Gasteiger partial charge in [0.2, 0.25) is 5.91 Å². The molecule has 15 heavy (non-hydrogen) atoms. The Balaban J connectivity index is 1.96. The number of likely N-dealkylation sites (tertiary alicyclic amines) is 1. The molecule has 2 aliphatic rings. The minimum atomic E-state index is -0.676. The summed E-state index contributed by atoms with van der Waals surface area (Å²) in [6.07, 6.45) is 3.06. The zero-order chi connectivity index (χ0) is 11.1. The molecular formula is C11H20N2O2. The first kappa shape index (κ1) is 10.9. The van der Waals surface area contributed by atoms with Gasteiger partial charge in [0.1, 0.15) is 0 Å². The number of nitrogens with two attached hydrogens (primary N) is 1. The molecule has 0 radical (unpaired) electrons. The molecule has 0 bridgehead atoms. The molecule has 0 aromatic heterocycles. The Bertz CT molecular complexity index is 261. The molecule has 4 heteroatoms. The smallest absolute Gasteiger partial charge is 0.242 e. The van der Waals surface area contributed by atoms with E-state index in [1.807, 2.05) is 11.8 Å². The van der Waals surface area contributed by atoms with Gasteiger partial charge in [-0.2, -0.15) is 0 Å². The molecular weight excluding hydrogens is 192 g/mol. The highest BCUT2D eigenvalue weighted by Crippen LogP contribution is 2.39. The van der Waals surface area contributed by atoms with Crippen molar-refractivity contribution in [3.63, 3.8) is 0 Å². The number of hydrogen-bond donors (Lipinski definition) is 2. The highest BCUT2D eigenvalue weighted by molar-refractivity contribution is 5.86. The first-order chi connectivity index (χ1) is 7.05. The normalized spacial score (nSPS) is 30.3. The third-order valence-corrected chi connectivity index (χ3v) is 3.72. The van der Waals surface area contributed by atoms with Crippen LogP contribution in [0.2, 0.25) is 0 Å². The van der Waals surface area contributed by atoms with Gasteiger partial charge in [-0.05, 0) is 32.1 Å². The zero-order valence-electron chi connectivity index (χ0n) is 9.28. The van der Waals surface area contributed by atoms with Crippen molar-refractivity contribution in [2.24, 2.45) is 17.6 Å². The van der Waals surface area contributed by atoms with E-state index in [0.29, 0.717) is 12.5 Å². The lowest BCUT2D eigenvalue weighted by atomic mass is 9.95. The summed E-state index contributed by atoms with van der Waals surface area (Å²) < 4.78 is 0. The van der Waals surface area contributed by atoms with E-state index in [1.165, 1.54) is 0 Å². The largest absolute Gasteiger partial charge is 0.396 e. The third kappa shape index (κ3) is 2.01. The predicted octanol–water partition coefficient (Wildman–Crippen LogP) is -0.0454. The van der Waals surface area contributed by atoms with Gasteiger partial charge in [0.05, 0.1) is 5.54 Å². The van der Waals surface area contributed by atoms with E-state index in [1.54, 1.807) is 0 Å². The minimum absolute atomic E-state index is 0.0703. The number of carbonyl (C=O) groups excluding carboxylic acids is 1. The average Bonchev–Trinajstić information content (AvgIpc) is 2.96. The molecule has 2 unspecified atom stereocenters. The number of amides is 1. The molecule has 1 amide bonds. The molecule has 2 fully saturated rings.